The van der Waals surface area contributed by atoms with Gasteiger partial charge in [-0.2, -0.15) is 0 Å². The first-order valence-corrected chi connectivity index (χ1v) is 9.67. The molecule has 0 aliphatic heterocycles. The molecule has 0 spiro atoms. The Morgan fingerprint density at radius 1 is 1.21 bits per heavy atom. The first-order chi connectivity index (χ1) is 13.6. The predicted molar refractivity (Wildman–Crippen MR) is 112 cm³/mol. The molecule has 0 radical (unpaired) electrons. The molecule has 3 rings (SSSR count). The first-order valence-electron chi connectivity index (χ1n) is 8.85. The highest BCUT2D eigenvalue weighted by Crippen LogP contribution is 2.30. The summed E-state index contributed by atoms with van der Waals surface area (Å²) < 4.78 is 8.10. The van der Waals surface area contributed by atoms with E-state index < -0.39 is 10.3 Å². The molecule has 3 aromatic rings. The molecule has 0 fully saturated rings. The van der Waals surface area contributed by atoms with Crippen LogP contribution in [-0.2, 0) is 11.8 Å². The topological polar surface area (TPSA) is 95.3 Å². The molecule has 0 aliphatic carbocycles. The van der Waals surface area contributed by atoms with E-state index in [1.807, 2.05) is 20.8 Å². The van der Waals surface area contributed by atoms with Crippen molar-refractivity contribution in [2.45, 2.75) is 20.8 Å². The molecule has 1 aromatic carbocycles. The Balaban J connectivity index is 2.05. The number of thiazole rings is 1. The van der Waals surface area contributed by atoms with E-state index in [1.54, 1.807) is 43.5 Å². The number of rotatable bonds is 4. The summed E-state index contributed by atoms with van der Waals surface area (Å²) in [7, 11) is 1.61. The number of Topliss-reactive ketones (excluding diaryl/α,β-unsaturated/α-hetero) is 1. The number of aromatic nitrogens is 1. The number of ketones is 1. The second-order valence-electron chi connectivity index (χ2n) is 7.55. The summed E-state index contributed by atoms with van der Waals surface area (Å²) >= 11 is 1.19. The number of carbonyl (C=O) groups excluding carboxylic acids is 1. The van der Waals surface area contributed by atoms with Crippen LogP contribution in [0.2, 0.25) is 0 Å². The number of nitro benzene ring substituents is 1. The van der Waals surface area contributed by atoms with E-state index in [1.165, 1.54) is 28.0 Å². The van der Waals surface area contributed by atoms with Crippen LogP contribution in [0.3, 0.4) is 0 Å². The van der Waals surface area contributed by atoms with E-state index in [0.717, 1.165) is 0 Å². The molecule has 0 unspecified atom stereocenters. The summed E-state index contributed by atoms with van der Waals surface area (Å²) in [6.07, 6.45) is 3.05. The number of furan rings is 1. The minimum absolute atomic E-state index is 0.0574. The molecule has 8 heteroatoms. The van der Waals surface area contributed by atoms with Gasteiger partial charge in [0.2, 0.25) is 0 Å². The van der Waals surface area contributed by atoms with Crippen molar-refractivity contribution in [1.29, 1.82) is 0 Å². The van der Waals surface area contributed by atoms with Gasteiger partial charge in [0.25, 0.3) is 11.2 Å². The Kier molecular flexibility index (Phi) is 5.39. The minimum atomic E-state index is -0.537. The molecule has 29 heavy (non-hydrogen) atoms. The van der Waals surface area contributed by atoms with Crippen LogP contribution >= 0.6 is 11.3 Å². The molecule has 0 bridgehead atoms. The van der Waals surface area contributed by atoms with Crippen molar-refractivity contribution in [3.63, 3.8) is 0 Å². The van der Waals surface area contributed by atoms with E-state index in [-0.39, 0.29) is 17.0 Å². The van der Waals surface area contributed by atoms with Crippen LogP contribution in [0, 0.1) is 15.5 Å². The molecule has 0 N–H and O–H groups in total. The second kappa shape index (κ2) is 7.63. The monoisotopic (exact) mass is 412 g/mol. The Hall–Kier alpha value is -3.26. The van der Waals surface area contributed by atoms with Crippen LogP contribution in [0.1, 0.15) is 26.5 Å². The Morgan fingerprint density at radius 3 is 2.55 bits per heavy atom. The number of benzene rings is 1. The molecule has 2 heterocycles. The normalized spacial score (nSPS) is 13.1. The highest BCUT2D eigenvalue weighted by molar-refractivity contribution is 7.07. The van der Waals surface area contributed by atoms with Crippen molar-refractivity contribution >= 4 is 35.0 Å². The lowest BCUT2D eigenvalue weighted by atomic mass is 9.91. The van der Waals surface area contributed by atoms with Crippen LogP contribution in [-0.4, -0.2) is 15.3 Å². The largest absolute Gasteiger partial charge is 0.456 e. The van der Waals surface area contributed by atoms with Crippen molar-refractivity contribution in [2.24, 2.45) is 12.5 Å². The van der Waals surface area contributed by atoms with Crippen molar-refractivity contribution in [1.82, 2.24) is 4.57 Å². The summed E-state index contributed by atoms with van der Waals surface area (Å²) in [6.45, 7) is 5.45. The minimum Gasteiger partial charge on any atom is -0.456 e. The van der Waals surface area contributed by atoms with Gasteiger partial charge in [-0.15, -0.1) is 11.3 Å². The quantitative estimate of drug-likeness (QED) is 0.485. The molecular weight excluding hydrogens is 392 g/mol. The highest BCUT2D eigenvalue weighted by Gasteiger charge is 2.19. The smallest absolute Gasteiger partial charge is 0.280 e. The average molecular weight is 412 g/mol. The summed E-state index contributed by atoms with van der Waals surface area (Å²) in [6, 6.07) is 9.57. The third-order valence-corrected chi connectivity index (χ3v) is 5.43. The average Bonchev–Trinajstić information content (AvgIpc) is 3.22. The van der Waals surface area contributed by atoms with Crippen LogP contribution in [0.4, 0.5) is 5.69 Å². The molecule has 0 saturated heterocycles. The standard InChI is InChI=1S/C21H20N2O5S/c1-21(2,3)18(24)12-19-22(4)20(25)17(29-19)11-13-9-10-16(28-13)14-7-5-6-8-15(14)23(26)27/h5-12H,1-4H3. The molecule has 0 amide bonds. The number of hydrogen-bond donors (Lipinski definition) is 0. The third-order valence-electron chi connectivity index (χ3n) is 4.32. The Bertz CT molecular complexity index is 1270. The van der Waals surface area contributed by atoms with Crippen molar-refractivity contribution in [3.8, 4) is 11.3 Å². The van der Waals surface area contributed by atoms with Gasteiger partial charge in [0, 0.05) is 30.7 Å². The summed E-state index contributed by atoms with van der Waals surface area (Å²) in [5, 5.41) is 11.2. The van der Waals surface area contributed by atoms with Crippen LogP contribution in [0.25, 0.3) is 23.5 Å². The fourth-order valence-electron chi connectivity index (χ4n) is 2.58. The SMILES string of the molecule is Cn1c(=CC(=O)C(C)(C)C)sc(=Cc2ccc(-c3ccccc3[N+](=O)[O-])o2)c1=O. The van der Waals surface area contributed by atoms with E-state index in [9.17, 15) is 19.7 Å². The molecule has 0 saturated carbocycles. The van der Waals surface area contributed by atoms with Gasteiger partial charge in [-0.3, -0.25) is 19.7 Å². The number of hydrogen-bond acceptors (Lipinski definition) is 6. The van der Waals surface area contributed by atoms with Gasteiger partial charge in [-0.1, -0.05) is 32.9 Å². The number of carbonyl (C=O) groups is 1. The maximum Gasteiger partial charge on any atom is 0.280 e. The number of para-hydroxylation sites is 1. The summed E-state index contributed by atoms with van der Waals surface area (Å²) in [5.74, 6) is 0.662. The second-order valence-corrected chi connectivity index (χ2v) is 8.61. The van der Waals surface area contributed by atoms with Gasteiger partial charge in [0.05, 0.1) is 15.0 Å². The summed E-state index contributed by atoms with van der Waals surface area (Å²) in [4.78, 5) is 35.5. The zero-order chi connectivity index (χ0) is 21.3. The number of nitrogens with zero attached hydrogens (tertiary/aromatic N) is 2. The van der Waals surface area contributed by atoms with Gasteiger partial charge in [-0.05, 0) is 18.2 Å². The van der Waals surface area contributed by atoms with Crippen LogP contribution in [0.15, 0.2) is 45.6 Å². The molecule has 0 aliphatic rings. The molecular formula is C21H20N2O5S. The van der Waals surface area contributed by atoms with E-state index in [2.05, 4.69) is 0 Å². The van der Waals surface area contributed by atoms with Crippen LogP contribution < -0.4 is 14.8 Å². The van der Waals surface area contributed by atoms with Crippen molar-refractivity contribution in [3.05, 3.63) is 71.8 Å². The predicted octanol–water partition coefficient (Wildman–Crippen LogP) is 2.84. The fraction of sp³-hybridized carbons (Fsp3) is 0.238. The molecule has 2 aromatic heterocycles. The maximum absolute atomic E-state index is 12.5. The van der Waals surface area contributed by atoms with Gasteiger partial charge >= 0.3 is 0 Å². The van der Waals surface area contributed by atoms with Gasteiger partial charge in [0.1, 0.15) is 16.2 Å². The Morgan fingerprint density at radius 2 is 1.90 bits per heavy atom. The number of nitro groups is 1. The lowest BCUT2D eigenvalue weighted by molar-refractivity contribution is -0.384. The fourth-order valence-corrected chi connectivity index (χ4v) is 3.59. The first kappa shape index (κ1) is 20.5. The lowest BCUT2D eigenvalue weighted by Gasteiger charge is -2.12. The van der Waals surface area contributed by atoms with E-state index in [0.29, 0.717) is 26.3 Å². The van der Waals surface area contributed by atoms with E-state index >= 15 is 0 Å². The lowest BCUT2D eigenvalue weighted by Crippen LogP contribution is -2.29. The van der Waals surface area contributed by atoms with Crippen LogP contribution in [0.5, 0.6) is 0 Å². The zero-order valence-electron chi connectivity index (χ0n) is 16.5. The van der Waals surface area contributed by atoms with Gasteiger partial charge < -0.3 is 8.98 Å². The zero-order valence-corrected chi connectivity index (χ0v) is 17.3. The van der Waals surface area contributed by atoms with Gasteiger partial charge in [-0.25, -0.2) is 0 Å². The molecule has 7 nitrogen and oxygen atoms in total. The molecule has 0 atom stereocenters. The highest BCUT2D eigenvalue weighted by atomic mass is 32.1. The van der Waals surface area contributed by atoms with Crippen molar-refractivity contribution < 1.29 is 14.1 Å². The van der Waals surface area contributed by atoms with Crippen molar-refractivity contribution in [2.75, 3.05) is 0 Å². The molecule has 150 valence electrons. The Labute approximate surface area is 170 Å². The summed E-state index contributed by atoms with van der Waals surface area (Å²) in [5.41, 5.74) is -0.477. The third kappa shape index (κ3) is 4.27. The van der Waals surface area contributed by atoms with Gasteiger partial charge in [0.15, 0.2) is 5.78 Å². The maximum atomic E-state index is 12.5. The van der Waals surface area contributed by atoms with E-state index in [4.69, 9.17) is 4.42 Å².